The van der Waals surface area contributed by atoms with Gasteiger partial charge in [0.1, 0.15) is 16.5 Å². The molecule has 0 aliphatic rings. The second-order valence-electron chi connectivity index (χ2n) is 6.74. The molecule has 2 aromatic heterocycles. The van der Waals surface area contributed by atoms with E-state index in [1.807, 2.05) is 0 Å². The fourth-order valence-corrected chi connectivity index (χ4v) is 3.01. The minimum Gasteiger partial charge on any atom is -0.316 e. The van der Waals surface area contributed by atoms with Gasteiger partial charge in [-0.2, -0.15) is 0 Å². The largest absolute Gasteiger partial charge is 0.316 e. The highest BCUT2D eigenvalue weighted by atomic mass is 19.1. The lowest BCUT2D eigenvalue weighted by Crippen LogP contribution is -2.46. The topological polar surface area (TPSA) is 95.7 Å². The first-order valence-corrected chi connectivity index (χ1v) is 9.37. The van der Waals surface area contributed by atoms with Crippen LogP contribution in [0.2, 0.25) is 0 Å². The number of carbonyl (C=O) groups excluding carboxylic acids is 1. The molecule has 0 spiro atoms. The summed E-state index contributed by atoms with van der Waals surface area (Å²) in [6.45, 7) is 0. The molecule has 0 aliphatic heterocycles. The molecule has 0 unspecified atom stereocenters. The van der Waals surface area contributed by atoms with E-state index in [9.17, 15) is 18.8 Å². The van der Waals surface area contributed by atoms with Gasteiger partial charge in [0, 0.05) is 17.3 Å². The zero-order valence-electron chi connectivity index (χ0n) is 16.1. The molecule has 0 atom stereocenters. The zero-order chi connectivity index (χ0) is 21.8. The molecular weight excluding hydrogens is 397 g/mol. The average molecular weight is 413 g/mol. The molecule has 152 valence electrons. The van der Waals surface area contributed by atoms with Crippen LogP contribution in [0.15, 0.2) is 82.5 Å². The molecule has 2 heterocycles. The van der Waals surface area contributed by atoms with Gasteiger partial charge < -0.3 is 9.97 Å². The van der Waals surface area contributed by atoms with Gasteiger partial charge in [0.25, 0.3) is 11.1 Å². The van der Waals surface area contributed by atoms with E-state index in [4.69, 9.17) is 0 Å². The van der Waals surface area contributed by atoms with Crippen LogP contribution in [0.1, 0.15) is 27.2 Å². The third-order valence-corrected chi connectivity index (χ3v) is 4.53. The van der Waals surface area contributed by atoms with Gasteiger partial charge in [-0.25, -0.2) is 4.39 Å². The number of hydrogen-bond donors (Lipinski definition) is 2. The summed E-state index contributed by atoms with van der Waals surface area (Å²) in [5.74, 6) is -0.705. The first kappa shape index (κ1) is 19.9. The van der Waals surface area contributed by atoms with E-state index >= 15 is 0 Å². The first-order valence-electron chi connectivity index (χ1n) is 9.37. The summed E-state index contributed by atoms with van der Waals surface area (Å²) < 4.78 is 13.1. The van der Waals surface area contributed by atoms with Gasteiger partial charge in [0.05, 0.1) is 5.69 Å². The van der Waals surface area contributed by atoms with E-state index in [1.54, 1.807) is 48.7 Å². The summed E-state index contributed by atoms with van der Waals surface area (Å²) in [6, 6.07) is 17.1. The second-order valence-corrected chi connectivity index (χ2v) is 6.74. The van der Waals surface area contributed by atoms with Crippen LogP contribution in [0.5, 0.6) is 0 Å². The van der Waals surface area contributed by atoms with E-state index in [0.717, 1.165) is 0 Å². The van der Waals surface area contributed by atoms with Crippen LogP contribution < -0.4 is 21.8 Å². The minimum atomic E-state index is -0.489. The Labute approximate surface area is 175 Å². The van der Waals surface area contributed by atoms with Crippen molar-refractivity contribution in [3.63, 3.8) is 0 Å². The Hall–Kier alpha value is -4.39. The Morgan fingerprint density at radius 1 is 0.806 bits per heavy atom. The number of hydrogen-bond acceptors (Lipinski definition) is 4. The van der Waals surface area contributed by atoms with Crippen molar-refractivity contribution < 1.29 is 9.18 Å². The Bertz CT molecular complexity index is 1490. The number of halogens is 1. The number of aromatic nitrogens is 3. The van der Waals surface area contributed by atoms with Gasteiger partial charge in [0.15, 0.2) is 5.78 Å². The van der Waals surface area contributed by atoms with Gasteiger partial charge in [-0.15, -0.1) is 0 Å². The van der Waals surface area contributed by atoms with Crippen molar-refractivity contribution in [2.45, 2.75) is 0 Å². The second kappa shape index (κ2) is 8.54. The maximum atomic E-state index is 13.1. The fourth-order valence-electron chi connectivity index (χ4n) is 3.01. The van der Waals surface area contributed by atoms with Crippen LogP contribution in [0.3, 0.4) is 0 Å². The number of aromatic amines is 2. The SMILES string of the molecule is O=C(c1ccc(F)cc1)c1cccc(C=c2[nH]c(=O)c(=Cc3ccccn3)[nH]c2=O)c1. The number of ketones is 1. The molecule has 4 rings (SSSR count). The van der Waals surface area contributed by atoms with Crippen molar-refractivity contribution >= 4 is 17.9 Å². The third-order valence-electron chi connectivity index (χ3n) is 4.53. The zero-order valence-corrected chi connectivity index (χ0v) is 16.1. The number of pyridine rings is 1. The summed E-state index contributed by atoms with van der Waals surface area (Å²) in [5.41, 5.74) is 0.841. The standard InChI is InChI=1S/C24H16FN3O3/c25-18-9-7-16(8-10-18)22(29)17-5-3-4-15(12-17)13-20-23(30)28-21(24(31)27-20)14-19-6-1-2-11-26-19/h1-14H,(H,27,31)(H,28,30). The summed E-state index contributed by atoms with van der Waals surface area (Å²) in [4.78, 5) is 46.7. The van der Waals surface area contributed by atoms with Crippen LogP contribution in [0, 0.1) is 5.82 Å². The highest BCUT2D eigenvalue weighted by molar-refractivity contribution is 6.09. The fraction of sp³-hybridized carbons (Fsp3) is 0. The molecule has 6 nitrogen and oxygen atoms in total. The highest BCUT2D eigenvalue weighted by Gasteiger charge is 2.09. The van der Waals surface area contributed by atoms with Gasteiger partial charge in [0.2, 0.25) is 0 Å². The lowest BCUT2D eigenvalue weighted by molar-refractivity contribution is 0.103. The predicted octanol–water partition coefficient (Wildman–Crippen LogP) is 1.49. The highest BCUT2D eigenvalue weighted by Crippen LogP contribution is 2.13. The van der Waals surface area contributed by atoms with E-state index in [0.29, 0.717) is 22.4 Å². The Kier molecular flexibility index (Phi) is 5.49. The quantitative estimate of drug-likeness (QED) is 0.496. The molecule has 0 radical (unpaired) electrons. The minimum absolute atomic E-state index is 0.0505. The lowest BCUT2D eigenvalue weighted by atomic mass is 10.0. The van der Waals surface area contributed by atoms with Crippen molar-refractivity contribution in [3.05, 3.63) is 133 Å². The number of H-pyrrole nitrogens is 2. The van der Waals surface area contributed by atoms with Crippen LogP contribution >= 0.6 is 0 Å². The first-order chi connectivity index (χ1) is 15.0. The van der Waals surface area contributed by atoms with Crippen LogP contribution in [-0.4, -0.2) is 20.7 Å². The Balaban J connectivity index is 1.72. The third kappa shape index (κ3) is 4.62. The summed E-state index contributed by atoms with van der Waals surface area (Å²) in [5, 5.41) is 0.135. The van der Waals surface area contributed by atoms with Gasteiger partial charge >= 0.3 is 0 Å². The molecule has 0 fully saturated rings. The number of nitrogens with one attached hydrogen (secondary N) is 2. The molecule has 0 amide bonds. The smallest absolute Gasteiger partial charge is 0.272 e. The van der Waals surface area contributed by atoms with E-state index in [2.05, 4.69) is 15.0 Å². The van der Waals surface area contributed by atoms with Crippen molar-refractivity contribution in [3.8, 4) is 0 Å². The number of nitrogens with zero attached hydrogens (tertiary/aromatic N) is 1. The Morgan fingerprint density at radius 2 is 1.52 bits per heavy atom. The van der Waals surface area contributed by atoms with Crippen LogP contribution in [0.4, 0.5) is 4.39 Å². The Morgan fingerprint density at radius 3 is 2.19 bits per heavy atom. The molecule has 0 saturated heterocycles. The van der Waals surface area contributed by atoms with Gasteiger partial charge in [-0.1, -0.05) is 24.3 Å². The molecule has 0 saturated carbocycles. The summed E-state index contributed by atoms with van der Waals surface area (Å²) in [6.07, 6.45) is 4.54. The van der Waals surface area contributed by atoms with E-state index in [-0.39, 0.29) is 16.5 Å². The van der Waals surface area contributed by atoms with E-state index in [1.165, 1.54) is 36.4 Å². The number of rotatable bonds is 4. The summed E-state index contributed by atoms with van der Waals surface area (Å²) in [7, 11) is 0. The van der Waals surface area contributed by atoms with Gasteiger partial charge in [-0.3, -0.25) is 19.4 Å². The van der Waals surface area contributed by atoms with Crippen molar-refractivity contribution in [1.29, 1.82) is 0 Å². The maximum Gasteiger partial charge on any atom is 0.272 e. The lowest BCUT2D eigenvalue weighted by Gasteiger charge is -2.02. The monoisotopic (exact) mass is 413 g/mol. The molecule has 2 aromatic carbocycles. The summed E-state index contributed by atoms with van der Waals surface area (Å²) >= 11 is 0. The predicted molar refractivity (Wildman–Crippen MR) is 115 cm³/mol. The van der Waals surface area contributed by atoms with Crippen molar-refractivity contribution in [2.75, 3.05) is 0 Å². The maximum absolute atomic E-state index is 13.1. The van der Waals surface area contributed by atoms with Gasteiger partial charge in [-0.05, 0) is 60.2 Å². The number of carbonyl (C=O) groups is 1. The number of benzene rings is 2. The molecule has 0 bridgehead atoms. The van der Waals surface area contributed by atoms with Crippen molar-refractivity contribution in [2.24, 2.45) is 0 Å². The molecular formula is C24H16FN3O3. The normalized spacial score (nSPS) is 12.2. The van der Waals surface area contributed by atoms with Crippen LogP contribution in [-0.2, 0) is 0 Å². The van der Waals surface area contributed by atoms with Crippen LogP contribution in [0.25, 0.3) is 12.2 Å². The molecule has 4 aromatic rings. The molecule has 7 heteroatoms. The molecule has 2 N–H and O–H groups in total. The van der Waals surface area contributed by atoms with Crippen molar-refractivity contribution in [1.82, 2.24) is 15.0 Å². The molecule has 31 heavy (non-hydrogen) atoms. The van der Waals surface area contributed by atoms with E-state index < -0.39 is 16.9 Å². The average Bonchev–Trinajstić information content (AvgIpc) is 2.78. The molecule has 0 aliphatic carbocycles.